The van der Waals surface area contributed by atoms with Crippen LogP contribution < -0.4 is 4.90 Å². The van der Waals surface area contributed by atoms with Gasteiger partial charge in [0.25, 0.3) is 5.91 Å². The molecule has 0 spiro atoms. The standard InChI is InChI=1S/C24H27FN2O5S/c1-16-15-19-7-3-5-9-21(19)27(16)23(28)17(2)32-24(29)18-11-13-26(14-12-18)33(30,31)22-10-6-4-8-20(22)25/h3-10,16-18H,11-15H2,1-2H3/t16-,17+/m1/s1. The molecule has 2 heterocycles. The van der Waals surface area contributed by atoms with Gasteiger partial charge in [0, 0.05) is 24.8 Å². The number of piperidine rings is 1. The lowest BCUT2D eigenvalue weighted by Crippen LogP contribution is -2.45. The number of carbonyl (C=O) groups is 2. The Labute approximate surface area is 193 Å². The van der Waals surface area contributed by atoms with Crippen molar-refractivity contribution in [1.82, 2.24) is 4.31 Å². The van der Waals surface area contributed by atoms with Crippen LogP contribution in [0.5, 0.6) is 0 Å². The molecule has 0 aromatic heterocycles. The molecule has 1 fully saturated rings. The van der Waals surface area contributed by atoms with Gasteiger partial charge in [-0.05, 0) is 56.9 Å². The molecule has 0 radical (unpaired) electrons. The van der Waals surface area contributed by atoms with Crippen molar-refractivity contribution in [2.45, 2.75) is 50.2 Å². The highest BCUT2D eigenvalue weighted by Crippen LogP contribution is 2.33. The second-order valence-electron chi connectivity index (χ2n) is 8.58. The highest BCUT2D eigenvalue weighted by molar-refractivity contribution is 7.89. The van der Waals surface area contributed by atoms with Crippen LogP contribution in [0.25, 0.3) is 0 Å². The van der Waals surface area contributed by atoms with E-state index < -0.39 is 33.8 Å². The van der Waals surface area contributed by atoms with Crippen molar-refractivity contribution in [2.75, 3.05) is 18.0 Å². The van der Waals surface area contributed by atoms with E-state index in [-0.39, 0.29) is 42.8 Å². The molecule has 2 aromatic carbocycles. The van der Waals surface area contributed by atoms with Crippen molar-refractivity contribution >= 4 is 27.6 Å². The Bertz CT molecular complexity index is 1160. The average molecular weight is 475 g/mol. The van der Waals surface area contributed by atoms with Gasteiger partial charge in [0.2, 0.25) is 10.0 Å². The molecule has 7 nitrogen and oxygen atoms in total. The third-order valence-electron chi connectivity index (χ3n) is 6.33. The lowest BCUT2D eigenvalue weighted by molar-refractivity contribution is -0.159. The second-order valence-corrected chi connectivity index (χ2v) is 10.5. The predicted molar refractivity (Wildman–Crippen MR) is 121 cm³/mol. The van der Waals surface area contributed by atoms with Crippen LogP contribution in [-0.4, -0.2) is 49.8 Å². The Morgan fingerprint density at radius 3 is 2.39 bits per heavy atom. The Kier molecular flexibility index (Phi) is 6.54. The zero-order valence-corrected chi connectivity index (χ0v) is 19.4. The first kappa shape index (κ1) is 23.4. The number of rotatable bonds is 5. The molecule has 2 aromatic rings. The molecule has 1 amide bonds. The number of esters is 1. The molecule has 9 heteroatoms. The molecule has 0 saturated carbocycles. The maximum Gasteiger partial charge on any atom is 0.309 e. The fourth-order valence-electron chi connectivity index (χ4n) is 4.54. The summed E-state index contributed by atoms with van der Waals surface area (Å²) in [5.41, 5.74) is 1.92. The molecule has 0 aliphatic carbocycles. The van der Waals surface area contributed by atoms with Gasteiger partial charge in [-0.25, -0.2) is 12.8 Å². The molecule has 0 bridgehead atoms. The Morgan fingerprint density at radius 2 is 1.70 bits per heavy atom. The van der Waals surface area contributed by atoms with E-state index in [4.69, 9.17) is 4.74 Å². The number of sulfonamides is 1. The van der Waals surface area contributed by atoms with Gasteiger partial charge in [-0.2, -0.15) is 4.31 Å². The zero-order valence-electron chi connectivity index (χ0n) is 18.6. The molecule has 2 aliphatic heterocycles. The Balaban J connectivity index is 1.36. The first-order valence-electron chi connectivity index (χ1n) is 11.1. The van der Waals surface area contributed by atoms with Crippen LogP contribution in [0.15, 0.2) is 53.4 Å². The maximum absolute atomic E-state index is 14.0. The Morgan fingerprint density at radius 1 is 1.06 bits per heavy atom. The minimum atomic E-state index is -3.98. The molecule has 1 saturated heterocycles. The van der Waals surface area contributed by atoms with Crippen LogP contribution in [-0.2, 0) is 30.8 Å². The van der Waals surface area contributed by atoms with Crippen LogP contribution in [0.2, 0.25) is 0 Å². The highest BCUT2D eigenvalue weighted by atomic mass is 32.2. The van der Waals surface area contributed by atoms with Crippen molar-refractivity contribution in [1.29, 1.82) is 0 Å². The number of fused-ring (bicyclic) bond motifs is 1. The molecular weight excluding hydrogens is 447 g/mol. The van der Waals surface area contributed by atoms with Gasteiger partial charge in [0.1, 0.15) is 10.7 Å². The SMILES string of the molecule is C[C@H](OC(=O)C1CCN(S(=O)(=O)c2ccccc2F)CC1)C(=O)N1c2ccccc2C[C@H]1C. The zero-order chi connectivity index (χ0) is 23.8. The number of halogens is 1. The summed E-state index contributed by atoms with van der Waals surface area (Å²) >= 11 is 0. The number of hydrogen-bond donors (Lipinski definition) is 0. The molecule has 2 atom stereocenters. The van der Waals surface area contributed by atoms with Crippen LogP contribution in [0.4, 0.5) is 10.1 Å². The summed E-state index contributed by atoms with van der Waals surface area (Å²) in [5.74, 6) is -2.11. The van der Waals surface area contributed by atoms with Gasteiger partial charge in [0.05, 0.1) is 5.92 Å². The summed E-state index contributed by atoms with van der Waals surface area (Å²) in [5, 5.41) is 0. The molecule has 4 rings (SSSR count). The maximum atomic E-state index is 14.0. The van der Waals surface area contributed by atoms with Crippen molar-refractivity contribution in [3.63, 3.8) is 0 Å². The fourth-order valence-corrected chi connectivity index (χ4v) is 6.08. The van der Waals surface area contributed by atoms with E-state index in [1.165, 1.54) is 22.5 Å². The minimum absolute atomic E-state index is 0.0251. The van der Waals surface area contributed by atoms with Crippen molar-refractivity contribution in [3.8, 4) is 0 Å². The van der Waals surface area contributed by atoms with Crippen LogP contribution >= 0.6 is 0 Å². The van der Waals surface area contributed by atoms with Gasteiger partial charge in [-0.15, -0.1) is 0 Å². The summed E-state index contributed by atoms with van der Waals surface area (Å²) in [4.78, 5) is 27.1. The van der Waals surface area contributed by atoms with E-state index >= 15 is 0 Å². The Hall–Kier alpha value is -2.78. The molecule has 0 unspecified atom stereocenters. The second kappa shape index (κ2) is 9.23. The number of para-hydroxylation sites is 1. The number of anilines is 1. The fraction of sp³-hybridized carbons (Fsp3) is 0.417. The van der Waals surface area contributed by atoms with E-state index in [0.29, 0.717) is 0 Å². The van der Waals surface area contributed by atoms with Crippen molar-refractivity contribution in [3.05, 3.63) is 59.9 Å². The van der Waals surface area contributed by atoms with Gasteiger partial charge in [-0.3, -0.25) is 9.59 Å². The van der Waals surface area contributed by atoms with E-state index in [0.717, 1.165) is 23.7 Å². The summed E-state index contributed by atoms with van der Waals surface area (Å²) in [7, 11) is -3.98. The summed E-state index contributed by atoms with van der Waals surface area (Å²) in [6.45, 7) is 3.68. The van der Waals surface area contributed by atoms with Crippen LogP contribution in [0.1, 0.15) is 32.3 Å². The van der Waals surface area contributed by atoms with Crippen molar-refractivity contribution < 1.29 is 27.1 Å². The monoisotopic (exact) mass is 474 g/mol. The quantitative estimate of drug-likeness (QED) is 0.622. The number of amides is 1. The molecular formula is C24H27FN2O5S. The number of hydrogen-bond acceptors (Lipinski definition) is 5. The topological polar surface area (TPSA) is 84.0 Å². The first-order valence-corrected chi connectivity index (χ1v) is 12.5. The van der Waals surface area contributed by atoms with Gasteiger partial charge in [-0.1, -0.05) is 30.3 Å². The van der Waals surface area contributed by atoms with Gasteiger partial charge in [0.15, 0.2) is 6.10 Å². The molecule has 2 aliphatic rings. The minimum Gasteiger partial charge on any atom is -0.452 e. The number of nitrogens with zero attached hydrogens (tertiary/aromatic N) is 2. The van der Waals surface area contributed by atoms with Crippen LogP contribution in [0.3, 0.4) is 0 Å². The van der Waals surface area contributed by atoms with E-state index in [1.54, 1.807) is 11.8 Å². The van der Waals surface area contributed by atoms with Gasteiger partial charge < -0.3 is 9.64 Å². The number of ether oxygens (including phenoxy) is 1. The largest absolute Gasteiger partial charge is 0.452 e. The van der Waals surface area contributed by atoms with Crippen LogP contribution in [0, 0.1) is 11.7 Å². The smallest absolute Gasteiger partial charge is 0.309 e. The number of carbonyl (C=O) groups excluding carboxylic acids is 2. The predicted octanol–water partition coefficient (Wildman–Crippen LogP) is 3.14. The first-order chi connectivity index (χ1) is 15.7. The summed E-state index contributed by atoms with van der Waals surface area (Å²) < 4.78 is 46.2. The molecule has 176 valence electrons. The van der Waals surface area contributed by atoms with E-state index in [1.807, 2.05) is 31.2 Å². The highest BCUT2D eigenvalue weighted by Gasteiger charge is 2.37. The summed E-state index contributed by atoms with van der Waals surface area (Å²) in [6, 6.07) is 12.9. The van der Waals surface area contributed by atoms with E-state index in [2.05, 4.69) is 0 Å². The third-order valence-corrected chi connectivity index (χ3v) is 8.26. The normalized spacial score (nSPS) is 20.3. The molecule has 0 N–H and O–H groups in total. The van der Waals surface area contributed by atoms with Crippen molar-refractivity contribution in [2.24, 2.45) is 5.92 Å². The van der Waals surface area contributed by atoms with E-state index in [9.17, 15) is 22.4 Å². The lowest BCUT2D eigenvalue weighted by atomic mass is 9.98. The lowest BCUT2D eigenvalue weighted by Gasteiger charge is -2.31. The molecule has 33 heavy (non-hydrogen) atoms. The number of benzene rings is 2. The third kappa shape index (κ3) is 4.52. The summed E-state index contributed by atoms with van der Waals surface area (Å²) in [6.07, 6.45) is 0.288. The van der Waals surface area contributed by atoms with Gasteiger partial charge >= 0.3 is 5.97 Å². The average Bonchev–Trinajstić information content (AvgIpc) is 3.14.